The van der Waals surface area contributed by atoms with Crippen molar-refractivity contribution in [3.05, 3.63) is 40.1 Å². The number of rotatable bonds is 13. The van der Waals surface area contributed by atoms with Crippen molar-refractivity contribution < 1.29 is 32.3 Å². The number of carbonyl (C=O) groups excluding carboxylic acids is 4. The molecule has 0 spiro atoms. The van der Waals surface area contributed by atoms with Gasteiger partial charge in [-0.05, 0) is 111 Å². The normalized spacial score (nSPS) is 22.8. The molecule has 50 heavy (non-hydrogen) atoms. The number of nitrogens with one attached hydrogen (secondary N) is 3. The predicted molar refractivity (Wildman–Crippen MR) is 187 cm³/mol. The quantitative estimate of drug-likeness (QED) is 0.174. The highest BCUT2D eigenvalue weighted by molar-refractivity contribution is 7.91. The van der Waals surface area contributed by atoms with Gasteiger partial charge in [-0.25, -0.2) is 18.2 Å². The Kier molecular flexibility index (Phi) is 12.9. The largest absolute Gasteiger partial charge is 0.444 e. The molecule has 2 saturated carbocycles. The van der Waals surface area contributed by atoms with E-state index in [1.54, 1.807) is 27.7 Å². The van der Waals surface area contributed by atoms with E-state index < -0.39 is 50.4 Å². The minimum atomic E-state index is -3.60. The molecule has 4 atom stereocenters. The first-order valence-corrected chi connectivity index (χ1v) is 19.4. The summed E-state index contributed by atoms with van der Waals surface area (Å²) < 4.78 is 31.2. The van der Waals surface area contributed by atoms with Crippen molar-refractivity contribution >= 4 is 33.8 Å². The van der Waals surface area contributed by atoms with E-state index in [2.05, 4.69) is 20.0 Å². The smallest absolute Gasteiger partial charge is 0.408 e. The summed E-state index contributed by atoms with van der Waals surface area (Å²) in [5.41, 5.74) is 6.72. The van der Waals surface area contributed by atoms with Crippen LogP contribution in [0.3, 0.4) is 0 Å². The maximum atomic E-state index is 13.2. The Morgan fingerprint density at radius 2 is 1.86 bits per heavy atom. The molecule has 3 fully saturated rings. The van der Waals surface area contributed by atoms with Crippen LogP contribution < -0.4 is 21.3 Å². The lowest BCUT2D eigenvalue weighted by Gasteiger charge is -2.28. The summed E-state index contributed by atoms with van der Waals surface area (Å²) >= 11 is 0. The summed E-state index contributed by atoms with van der Waals surface area (Å²) in [6.45, 7) is 7.31. The summed E-state index contributed by atoms with van der Waals surface area (Å²) in [5.74, 6) is -1.51. The number of fused-ring (bicyclic) bond motifs is 1. The van der Waals surface area contributed by atoms with Gasteiger partial charge in [0.15, 0.2) is 0 Å². The van der Waals surface area contributed by atoms with Gasteiger partial charge < -0.3 is 25.7 Å². The first-order valence-electron chi connectivity index (χ1n) is 17.9. The first kappa shape index (κ1) is 39.0. The second-order valence-electron chi connectivity index (χ2n) is 15.1. The Bertz CT molecular complexity index is 1600. The Morgan fingerprint density at radius 1 is 1.14 bits per heavy atom. The maximum Gasteiger partial charge on any atom is 0.408 e. The average molecular weight is 719 g/mol. The van der Waals surface area contributed by atoms with Gasteiger partial charge in [0.25, 0.3) is 5.56 Å². The van der Waals surface area contributed by atoms with E-state index in [4.69, 9.17) is 10.5 Å². The van der Waals surface area contributed by atoms with E-state index in [9.17, 15) is 32.4 Å². The van der Waals surface area contributed by atoms with Crippen molar-refractivity contribution in [3.63, 3.8) is 0 Å². The summed E-state index contributed by atoms with van der Waals surface area (Å²) in [5, 5.41) is 2.68. The van der Waals surface area contributed by atoms with Crippen LogP contribution in [0.1, 0.15) is 116 Å². The highest BCUT2D eigenvalue weighted by Gasteiger charge is 2.52. The number of allylic oxidation sites excluding steroid dienone is 2. The third kappa shape index (κ3) is 10.9. The maximum absolute atomic E-state index is 13.2. The van der Waals surface area contributed by atoms with Crippen LogP contribution in [0.4, 0.5) is 4.79 Å². The number of carbonyl (C=O) groups is 4. The van der Waals surface area contributed by atoms with E-state index in [0.717, 1.165) is 49.8 Å². The fourth-order valence-electron chi connectivity index (χ4n) is 6.33. The zero-order chi connectivity index (χ0) is 36.7. The number of alkyl carbamates (subject to hydrolysis) is 1. The van der Waals surface area contributed by atoms with Crippen LogP contribution in [0.5, 0.6) is 0 Å². The van der Waals surface area contributed by atoms with Gasteiger partial charge in [-0.15, -0.1) is 0 Å². The fraction of sp³-hybridized carbons (Fsp3) is 0.714. The number of amides is 4. The highest BCUT2D eigenvalue weighted by Crippen LogP contribution is 2.44. The van der Waals surface area contributed by atoms with E-state index in [1.807, 2.05) is 12.2 Å². The van der Waals surface area contributed by atoms with E-state index in [1.165, 1.54) is 17.6 Å². The molecule has 1 aromatic heterocycles. The van der Waals surface area contributed by atoms with E-state index in [0.29, 0.717) is 51.5 Å². The number of H-pyrrole nitrogens is 1. The van der Waals surface area contributed by atoms with E-state index in [-0.39, 0.29) is 23.3 Å². The minimum absolute atomic E-state index is 0.0506. The average Bonchev–Trinajstić information content (AvgIpc) is 3.94. The Hall–Kier alpha value is -3.75. The number of unbranched alkanes of at least 4 members (excludes halogenated alkanes) is 3. The molecule has 5 rings (SSSR count). The lowest BCUT2D eigenvalue weighted by atomic mass is 9.97. The van der Waals surface area contributed by atoms with Crippen molar-refractivity contribution in [3.8, 4) is 0 Å². The topological polar surface area (TPSA) is 211 Å². The van der Waals surface area contributed by atoms with Crippen LogP contribution in [0.15, 0.2) is 23.3 Å². The Morgan fingerprint density at radius 3 is 2.52 bits per heavy atom. The molecule has 0 unspecified atom stereocenters. The SMILES string of the molecule is CC(C)(C)OC(=O)N[C@@H](CCCCC/C=C\[C@@H]1C[C@@H]1C(=O)NS(=O)(=O)C1(C)CC1)C(=O)N1CCC[C@H]1C(N)=O.O=c1[nH]cnc2c1CCCC2. The highest BCUT2D eigenvalue weighted by atomic mass is 32.2. The standard InChI is InChI=1S/C27H44N4O7S.C8H10N2O/c1-26(2,3)38-25(35)29-20(24(34)31-16-10-13-21(31)22(28)32)12-9-7-5-6-8-11-18-17-19(18)23(33)30-39(36,37)27(4)14-15-27;11-8-6-3-1-2-4-7(6)9-5-10-8/h8,11,18-21H,5-7,9-10,12-17H2,1-4H3,(H2,28,32)(H,29,35)(H,30,33);5H,1-4H2,(H,9,10,11)/b11-8-;/t18-,19+,20+,21+;/m1./s1. The lowest BCUT2D eigenvalue weighted by Crippen LogP contribution is -2.53. The zero-order valence-corrected chi connectivity index (χ0v) is 30.6. The molecule has 1 aliphatic heterocycles. The molecule has 1 saturated heterocycles. The third-order valence-corrected chi connectivity index (χ3v) is 11.9. The molecule has 0 radical (unpaired) electrons. The summed E-state index contributed by atoms with van der Waals surface area (Å²) in [6, 6.07) is -1.47. The second-order valence-corrected chi connectivity index (χ2v) is 17.3. The zero-order valence-electron chi connectivity index (χ0n) is 29.8. The molecule has 14 nitrogen and oxygen atoms in total. The molecule has 15 heteroatoms. The third-order valence-electron chi connectivity index (χ3n) is 9.74. The van der Waals surface area contributed by atoms with Crippen molar-refractivity contribution in [2.75, 3.05) is 6.54 Å². The molecule has 0 aromatic carbocycles. The molecule has 3 aliphatic carbocycles. The van der Waals surface area contributed by atoms with Gasteiger partial charge in [-0.1, -0.05) is 25.0 Å². The molecular weight excluding hydrogens is 664 g/mol. The molecule has 278 valence electrons. The van der Waals surface area contributed by atoms with Crippen LogP contribution >= 0.6 is 0 Å². The Labute approximate surface area is 294 Å². The first-order chi connectivity index (χ1) is 23.5. The molecule has 1 aromatic rings. The molecule has 0 bridgehead atoms. The fourth-order valence-corrected chi connectivity index (χ4v) is 7.63. The van der Waals surface area contributed by atoms with Crippen LogP contribution in [-0.2, 0) is 42.0 Å². The van der Waals surface area contributed by atoms with Crippen molar-refractivity contribution in [1.82, 2.24) is 24.9 Å². The summed E-state index contributed by atoms with van der Waals surface area (Å²) in [7, 11) is -3.60. The number of nitrogens with zero attached hydrogens (tertiary/aromatic N) is 2. The number of ether oxygens (including phenoxy) is 1. The Balaban J connectivity index is 0.000000428. The van der Waals surface area contributed by atoms with E-state index >= 15 is 0 Å². The summed E-state index contributed by atoms with van der Waals surface area (Å²) in [6.07, 6.45) is 15.5. The number of sulfonamides is 1. The van der Waals surface area contributed by atoms with Gasteiger partial charge in [-0.3, -0.25) is 23.9 Å². The van der Waals surface area contributed by atoms with Crippen molar-refractivity contribution in [2.24, 2.45) is 17.6 Å². The van der Waals surface area contributed by atoms with Gasteiger partial charge in [-0.2, -0.15) is 0 Å². The van der Waals surface area contributed by atoms with Crippen LogP contribution in [0.2, 0.25) is 0 Å². The van der Waals surface area contributed by atoms with Crippen LogP contribution in [0, 0.1) is 11.8 Å². The number of aromatic amines is 1. The summed E-state index contributed by atoms with van der Waals surface area (Å²) in [4.78, 5) is 69.0. The number of hydrogen-bond acceptors (Lipinski definition) is 9. The lowest BCUT2D eigenvalue weighted by molar-refractivity contribution is -0.139. The second kappa shape index (κ2) is 16.5. The van der Waals surface area contributed by atoms with Gasteiger partial charge >= 0.3 is 6.09 Å². The molecule has 4 aliphatic rings. The van der Waals surface area contributed by atoms with Crippen LogP contribution in [-0.4, -0.2) is 76.1 Å². The van der Waals surface area contributed by atoms with Gasteiger partial charge in [0.2, 0.25) is 27.7 Å². The van der Waals surface area contributed by atoms with Crippen molar-refractivity contribution in [2.45, 2.75) is 140 Å². The number of primary amides is 1. The molecule has 4 amide bonds. The van der Waals surface area contributed by atoms with Gasteiger partial charge in [0.05, 0.1) is 16.8 Å². The molecule has 2 heterocycles. The minimum Gasteiger partial charge on any atom is -0.444 e. The number of likely N-dealkylation sites (tertiary alicyclic amines) is 1. The van der Waals surface area contributed by atoms with Crippen molar-refractivity contribution in [1.29, 1.82) is 0 Å². The molecule has 5 N–H and O–H groups in total. The predicted octanol–water partition coefficient (Wildman–Crippen LogP) is 3.15. The number of aryl methyl sites for hydroxylation is 1. The van der Waals surface area contributed by atoms with Gasteiger partial charge in [0.1, 0.15) is 17.7 Å². The monoisotopic (exact) mass is 718 g/mol. The number of nitrogens with two attached hydrogens (primary N) is 1. The van der Waals surface area contributed by atoms with Crippen LogP contribution in [0.25, 0.3) is 0 Å². The number of hydrogen-bond donors (Lipinski definition) is 4. The van der Waals surface area contributed by atoms with Gasteiger partial charge in [0, 0.05) is 18.0 Å². The molecular formula is C35H54N6O8S. The number of aromatic nitrogens is 2.